The first kappa shape index (κ1) is 13.7. The van der Waals surface area contributed by atoms with Crippen LogP contribution in [0.1, 0.15) is 5.56 Å². The predicted molar refractivity (Wildman–Crippen MR) is 84.2 cm³/mol. The quantitative estimate of drug-likeness (QED) is 0.747. The van der Waals surface area contributed by atoms with Crippen LogP contribution < -0.4 is 10.5 Å². The molecule has 0 unspecified atom stereocenters. The van der Waals surface area contributed by atoms with Crippen molar-refractivity contribution in [3.8, 4) is 17.0 Å². The molecule has 0 spiro atoms. The van der Waals surface area contributed by atoms with Crippen LogP contribution in [0.3, 0.4) is 0 Å². The maximum absolute atomic E-state index is 9.17. The average molecular weight is 317 g/mol. The Kier molecular flexibility index (Phi) is 3.45. The monoisotopic (exact) mass is 317 g/mol. The summed E-state index contributed by atoms with van der Waals surface area (Å²) in [6.45, 7) is 0. The number of nitriles is 1. The number of fused-ring (bicyclic) bond motifs is 1. The number of hydrogen-bond donors (Lipinski definition) is 1. The van der Waals surface area contributed by atoms with Crippen molar-refractivity contribution in [1.29, 1.82) is 5.26 Å². The Morgan fingerprint density at radius 1 is 1.48 bits per heavy atom. The molecule has 0 saturated heterocycles. The van der Waals surface area contributed by atoms with Crippen molar-refractivity contribution in [2.45, 2.75) is 5.03 Å². The van der Waals surface area contributed by atoms with Crippen LogP contribution in [0.25, 0.3) is 15.3 Å². The first-order valence-corrected chi connectivity index (χ1v) is 7.99. The molecule has 0 aliphatic carbocycles. The minimum Gasteiger partial charge on any atom is -0.497 e. The molecule has 2 heterocycles. The molecule has 0 fully saturated rings. The lowest BCUT2D eigenvalue weighted by Crippen LogP contribution is -2.01. The van der Waals surface area contributed by atoms with Gasteiger partial charge in [-0.15, -0.1) is 11.8 Å². The van der Waals surface area contributed by atoms with Crippen molar-refractivity contribution in [3.63, 3.8) is 0 Å². The first-order valence-electron chi connectivity index (χ1n) is 5.95. The lowest BCUT2D eigenvalue weighted by atomic mass is 10.3. The summed E-state index contributed by atoms with van der Waals surface area (Å²) in [5.74, 6) is 1.08. The molecule has 106 valence electrons. The van der Waals surface area contributed by atoms with Gasteiger partial charge in [0.25, 0.3) is 0 Å². The predicted octanol–water partition coefficient (Wildman–Crippen LogP) is 2.67. The smallest absolute Gasteiger partial charge is 0.213 e. The third kappa shape index (κ3) is 2.20. The summed E-state index contributed by atoms with van der Waals surface area (Å²) in [7, 11) is 1.62. The number of thiazole rings is 1. The number of aromatic nitrogens is 3. The second-order valence-corrected chi connectivity index (χ2v) is 5.93. The van der Waals surface area contributed by atoms with Crippen molar-refractivity contribution < 1.29 is 4.74 Å². The van der Waals surface area contributed by atoms with E-state index in [9.17, 15) is 0 Å². The molecule has 0 radical (unpaired) electrons. The summed E-state index contributed by atoms with van der Waals surface area (Å²) in [5.41, 5.74) is 7.24. The number of nitrogens with two attached hydrogens (primary N) is 1. The number of rotatable bonds is 3. The van der Waals surface area contributed by atoms with Crippen LogP contribution >= 0.6 is 23.1 Å². The number of methoxy groups -OCH3 is 1. The maximum atomic E-state index is 9.17. The van der Waals surface area contributed by atoms with E-state index in [1.165, 1.54) is 27.8 Å². The lowest BCUT2D eigenvalue weighted by molar-refractivity contribution is 0.415. The van der Waals surface area contributed by atoms with E-state index in [-0.39, 0.29) is 0 Å². The van der Waals surface area contributed by atoms with E-state index < -0.39 is 0 Å². The summed E-state index contributed by atoms with van der Waals surface area (Å²) < 4.78 is 7.70. The van der Waals surface area contributed by atoms with Crippen molar-refractivity contribution in [2.24, 2.45) is 0 Å². The van der Waals surface area contributed by atoms with Crippen LogP contribution in [0.15, 0.2) is 23.2 Å². The number of benzene rings is 1. The molecule has 0 atom stereocenters. The van der Waals surface area contributed by atoms with E-state index in [1.807, 2.05) is 24.5 Å². The molecular weight excluding hydrogens is 306 g/mol. The van der Waals surface area contributed by atoms with E-state index in [2.05, 4.69) is 16.2 Å². The van der Waals surface area contributed by atoms with E-state index in [0.29, 0.717) is 21.5 Å². The molecule has 0 aliphatic rings. The molecule has 0 amide bonds. The molecule has 2 N–H and O–H groups in total. The number of nitrogens with zero attached hydrogens (tertiary/aromatic N) is 4. The summed E-state index contributed by atoms with van der Waals surface area (Å²) in [6.07, 6.45) is 1.86. The fraction of sp³-hybridized carbons (Fsp3) is 0.154. The number of nitrogen functional groups attached to an aromatic ring is 1. The van der Waals surface area contributed by atoms with Crippen molar-refractivity contribution in [1.82, 2.24) is 14.8 Å². The molecule has 2 aromatic heterocycles. The molecular formula is C13H11N5OS2. The lowest BCUT2D eigenvalue weighted by Gasteiger charge is -1.96. The van der Waals surface area contributed by atoms with Crippen LogP contribution in [-0.2, 0) is 0 Å². The van der Waals surface area contributed by atoms with Gasteiger partial charge < -0.3 is 10.5 Å². The van der Waals surface area contributed by atoms with Crippen LogP contribution in [0.5, 0.6) is 5.75 Å². The van der Waals surface area contributed by atoms with Crippen molar-refractivity contribution in [3.05, 3.63) is 23.8 Å². The number of hydrogen-bond acceptors (Lipinski definition) is 7. The normalized spacial score (nSPS) is 10.7. The third-order valence-corrected chi connectivity index (χ3v) is 4.63. The van der Waals surface area contributed by atoms with Gasteiger partial charge >= 0.3 is 0 Å². The van der Waals surface area contributed by atoms with Gasteiger partial charge in [0, 0.05) is 0 Å². The van der Waals surface area contributed by atoms with Crippen LogP contribution in [0.4, 0.5) is 5.82 Å². The van der Waals surface area contributed by atoms with Gasteiger partial charge in [0.2, 0.25) is 5.13 Å². The second kappa shape index (κ2) is 5.27. The molecule has 3 rings (SSSR count). The number of ether oxygens (including phenoxy) is 1. The van der Waals surface area contributed by atoms with Gasteiger partial charge in [-0.3, -0.25) is 0 Å². The molecule has 3 aromatic rings. The molecule has 21 heavy (non-hydrogen) atoms. The average Bonchev–Trinajstić information content (AvgIpc) is 3.06. The molecule has 0 aliphatic heterocycles. The topological polar surface area (TPSA) is 89.8 Å². The Labute approximate surface area is 129 Å². The largest absolute Gasteiger partial charge is 0.497 e. The van der Waals surface area contributed by atoms with Crippen LogP contribution in [0.2, 0.25) is 0 Å². The third-order valence-electron chi connectivity index (χ3n) is 2.96. The zero-order valence-electron chi connectivity index (χ0n) is 11.3. The van der Waals surface area contributed by atoms with Gasteiger partial charge in [0.1, 0.15) is 28.2 Å². The summed E-state index contributed by atoms with van der Waals surface area (Å²) in [6, 6.07) is 7.74. The summed E-state index contributed by atoms with van der Waals surface area (Å²) >= 11 is 2.83. The van der Waals surface area contributed by atoms with E-state index in [4.69, 9.17) is 15.7 Å². The van der Waals surface area contributed by atoms with Gasteiger partial charge in [-0.05, 0) is 24.5 Å². The fourth-order valence-electron chi connectivity index (χ4n) is 1.91. The highest BCUT2D eigenvalue weighted by Crippen LogP contribution is 2.32. The van der Waals surface area contributed by atoms with Gasteiger partial charge in [-0.2, -0.15) is 15.0 Å². The standard InChI is InChI=1S/C13H11N5OS2/c1-19-7-3-4-9-10(5-7)21-13(16-9)18-11(15)8(6-14)12(17-18)20-2/h3-5H,15H2,1-2H3. The summed E-state index contributed by atoms with van der Waals surface area (Å²) in [4.78, 5) is 4.51. The van der Waals surface area contributed by atoms with Gasteiger partial charge in [0.15, 0.2) is 0 Å². The molecule has 8 heteroatoms. The van der Waals surface area contributed by atoms with Gasteiger partial charge in [-0.25, -0.2) is 4.98 Å². The van der Waals surface area contributed by atoms with E-state index in [1.54, 1.807) is 7.11 Å². The maximum Gasteiger partial charge on any atom is 0.213 e. The minimum absolute atomic E-state index is 0.313. The van der Waals surface area contributed by atoms with Crippen LogP contribution in [0, 0.1) is 11.3 Å². The second-order valence-electron chi connectivity index (χ2n) is 4.12. The van der Waals surface area contributed by atoms with E-state index in [0.717, 1.165) is 16.0 Å². The van der Waals surface area contributed by atoms with Gasteiger partial charge in [0.05, 0.1) is 17.3 Å². The molecule has 1 aromatic carbocycles. The Morgan fingerprint density at radius 3 is 2.90 bits per heavy atom. The summed E-state index contributed by atoms with van der Waals surface area (Å²) in [5, 5.41) is 14.8. The Hall–Kier alpha value is -2.24. The highest BCUT2D eigenvalue weighted by molar-refractivity contribution is 7.98. The zero-order chi connectivity index (χ0) is 15.0. The van der Waals surface area contributed by atoms with Gasteiger partial charge in [-0.1, -0.05) is 11.3 Å². The molecule has 0 bridgehead atoms. The van der Waals surface area contributed by atoms with Crippen molar-refractivity contribution >= 4 is 39.1 Å². The molecule has 6 nitrogen and oxygen atoms in total. The fourth-order valence-corrected chi connectivity index (χ4v) is 3.39. The first-order chi connectivity index (χ1) is 10.2. The highest BCUT2D eigenvalue weighted by atomic mass is 32.2. The molecule has 0 saturated carbocycles. The van der Waals surface area contributed by atoms with Crippen molar-refractivity contribution in [2.75, 3.05) is 19.1 Å². The Morgan fingerprint density at radius 2 is 2.29 bits per heavy atom. The zero-order valence-corrected chi connectivity index (χ0v) is 13.0. The van der Waals surface area contributed by atoms with Crippen LogP contribution in [-0.4, -0.2) is 28.1 Å². The number of thioether (sulfide) groups is 1. The Bertz CT molecular complexity index is 861. The highest BCUT2D eigenvalue weighted by Gasteiger charge is 2.18. The van der Waals surface area contributed by atoms with E-state index >= 15 is 0 Å². The SMILES string of the molecule is COc1ccc2nc(-n3nc(SC)c(C#N)c3N)sc2c1. The number of anilines is 1. The minimum atomic E-state index is 0.313. The Balaban J connectivity index is 2.17.